The van der Waals surface area contributed by atoms with E-state index in [1.165, 1.54) is 45.2 Å². The van der Waals surface area contributed by atoms with Gasteiger partial charge >= 0.3 is 0 Å². The molecule has 44 heavy (non-hydrogen) atoms. The minimum absolute atomic E-state index is 0.0256. The second-order valence-corrected chi connectivity index (χ2v) is 14.5. The smallest absolute Gasteiger partial charge is 0.242 e. The third-order valence-corrected chi connectivity index (χ3v) is 11.2. The Labute approximate surface area is 269 Å². The fourth-order valence-corrected chi connectivity index (χ4v) is 8.40. The molecule has 3 N–H and O–H groups in total. The molecular formula is C32H42BrN7O3S. The van der Waals surface area contributed by atoms with Crippen molar-refractivity contribution in [1.29, 1.82) is 0 Å². The maximum absolute atomic E-state index is 13.3. The number of nitrogens with zero attached hydrogens (tertiary/aromatic N) is 4. The standard InChI is InChI=1S/C32H42BrN7O3S/c1-43-29-21-25(40-19-15-24(16-20-40)39-17-7-2-8-18-39)13-14-27(29)36-32-34-22-26(33)31(37-32)35-28-11-5-6-12-30(28)44(41,42)38-23-9-3-4-10-23/h5-6,11-14,21-24,38H,2-4,7-10,15-20H2,1H3,(H2,34,35,36,37). The highest BCUT2D eigenvalue weighted by Gasteiger charge is 2.27. The van der Waals surface area contributed by atoms with Gasteiger partial charge in [0.25, 0.3) is 0 Å². The van der Waals surface area contributed by atoms with Gasteiger partial charge in [-0.3, -0.25) is 0 Å². The van der Waals surface area contributed by atoms with Crippen LogP contribution in [0.3, 0.4) is 0 Å². The van der Waals surface area contributed by atoms with Gasteiger partial charge in [-0.2, -0.15) is 4.98 Å². The van der Waals surface area contributed by atoms with E-state index in [1.807, 2.05) is 6.07 Å². The fourth-order valence-electron chi connectivity index (χ4n) is 6.65. The van der Waals surface area contributed by atoms with Crippen LogP contribution in [0, 0.1) is 0 Å². The number of hydrogen-bond acceptors (Lipinski definition) is 9. The summed E-state index contributed by atoms with van der Waals surface area (Å²) < 4.78 is 35.8. The zero-order valence-corrected chi connectivity index (χ0v) is 27.7. The van der Waals surface area contributed by atoms with Crippen LogP contribution in [0.4, 0.5) is 28.8 Å². The van der Waals surface area contributed by atoms with Crippen molar-refractivity contribution in [3.63, 3.8) is 0 Å². The van der Waals surface area contributed by atoms with E-state index in [0.717, 1.165) is 50.1 Å². The highest BCUT2D eigenvalue weighted by Crippen LogP contribution is 2.35. The first kappa shape index (κ1) is 31.1. The summed E-state index contributed by atoms with van der Waals surface area (Å²) in [4.78, 5) is 14.4. The summed E-state index contributed by atoms with van der Waals surface area (Å²) in [5, 5.41) is 6.49. The summed E-state index contributed by atoms with van der Waals surface area (Å²) in [6, 6.07) is 13.7. The summed E-state index contributed by atoms with van der Waals surface area (Å²) in [5.41, 5.74) is 2.33. The predicted molar refractivity (Wildman–Crippen MR) is 179 cm³/mol. The van der Waals surface area contributed by atoms with Gasteiger partial charge in [0.1, 0.15) is 16.5 Å². The molecule has 3 heterocycles. The molecule has 3 fully saturated rings. The van der Waals surface area contributed by atoms with Crippen molar-refractivity contribution in [3.8, 4) is 5.75 Å². The van der Waals surface area contributed by atoms with Gasteiger partial charge in [0.2, 0.25) is 16.0 Å². The Bertz CT molecular complexity index is 1540. The molecule has 12 heteroatoms. The van der Waals surface area contributed by atoms with Crippen LogP contribution < -0.4 is 25.0 Å². The summed E-state index contributed by atoms with van der Waals surface area (Å²) in [6.07, 6.45) is 11.9. The number of methoxy groups -OCH3 is 1. The lowest BCUT2D eigenvalue weighted by molar-refractivity contribution is 0.141. The van der Waals surface area contributed by atoms with E-state index in [1.54, 1.807) is 37.6 Å². The van der Waals surface area contributed by atoms with Gasteiger partial charge in [0.15, 0.2) is 0 Å². The number of nitrogens with one attached hydrogen (secondary N) is 3. The van der Waals surface area contributed by atoms with Crippen molar-refractivity contribution in [1.82, 2.24) is 19.6 Å². The van der Waals surface area contributed by atoms with Crippen molar-refractivity contribution in [2.75, 3.05) is 48.8 Å². The average molecular weight is 685 g/mol. The number of anilines is 5. The molecule has 1 saturated carbocycles. The molecule has 3 aliphatic rings. The van der Waals surface area contributed by atoms with Crippen molar-refractivity contribution < 1.29 is 13.2 Å². The summed E-state index contributed by atoms with van der Waals surface area (Å²) in [5.74, 6) is 1.50. The van der Waals surface area contributed by atoms with Gasteiger partial charge in [-0.15, -0.1) is 0 Å². The van der Waals surface area contributed by atoms with Crippen LogP contribution in [0.15, 0.2) is 58.0 Å². The van der Waals surface area contributed by atoms with Crippen LogP contribution in [-0.4, -0.2) is 68.7 Å². The molecule has 0 amide bonds. The summed E-state index contributed by atoms with van der Waals surface area (Å²) >= 11 is 3.52. The molecule has 0 spiro atoms. The van der Waals surface area contributed by atoms with Gasteiger partial charge in [-0.05, 0) is 91.8 Å². The Morgan fingerprint density at radius 3 is 2.39 bits per heavy atom. The summed E-state index contributed by atoms with van der Waals surface area (Å²) in [6.45, 7) is 4.57. The lowest BCUT2D eigenvalue weighted by Crippen LogP contribution is -2.46. The van der Waals surface area contributed by atoms with Gasteiger partial charge in [-0.1, -0.05) is 31.4 Å². The second-order valence-electron chi connectivity index (χ2n) is 11.9. The Kier molecular flexibility index (Phi) is 9.89. The third-order valence-electron chi connectivity index (χ3n) is 9.02. The van der Waals surface area contributed by atoms with Crippen LogP contribution >= 0.6 is 15.9 Å². The monoisotopic (exact) mass is 683 g/mol. The number of sulfonamides is 1. The minimum atomic E-state index is -3.71. The lowest BCUT2D eigenvalue weighted by Gasteiger charge is -2.41. The lowest BCUT2D eigenvalue weighted by atomic mass is 9.99. The number of halogens is 1. The maximum atomic E-state index is 13.3. The molecule has 1 aromatic heterocycles. The zero-order chi connectivity index (χ0) is 30.5. The average Bonchev–Trinajstić information content (AvgIpc) is 3.56. The molecule has 3 aromatic rings. The van der Waals surface area contributed by atoms with E-state index in [-0.39, 0.29) is 10.9 Å². The van der Waals surface area contributed by atoms with Gasteiger partial charge in [0.05, 0.1) is 23.0 Å². The van der Waals surface area contributed by atoms with Crippen molar-refractivity contribution in [2.24, 2.45) is 0 Å². The van der Waals surface area contributed by atoms with E-state index < -0.39 is 10.0 Å². The van der Waals surface area contributed by atoms with Gasteiger partial charge in [0, 0.05) is 43.1 Å². The van der Waals surface area contributed by atoms with Crippen molar-refractivity contribution >= 4 is 54.8 Å². The Balaban J connectivity index is 1.14. The highest BCUT2D eigenvalue weighted by molar-refractivity contribution is 9.10. The normalized spacial score (nSPS) is 18.8. The number of likely N-dealkylation sites (tertiary alicyclic amines) is 1. The highest BCUT2D eigenvalue weighted by atomic mass is 79.9. The number of hydrogen-bond donors (Lipinski definition) is 3. The zero-order valence-electron chi connectivity index (χ0n) is 25.3. The molecule has 0 bridgehead atoms. The Morgan fingerprint density at radius 2 is 1.64 bits per heavy atom. The van der Waals surface area contributed by atoms with E-state index in [2.05, 4.69) is 63.2 Å². The third kappa shape index (κ3) is 7.30. The second kappa shape index (κ2) is 14.0. The molecule has 0 unspecified atom stereocenters. The van der Waals surface area contributed by atoms with Crippen LogP contribution in [0.5, 0.6) is 5.75 Å². The van der Waals surface area contributed by atoms with E-state index >= 15 is 0 Å². The fraction of sp³-hybridized carbons (Fsp3) is 0.500. The first-order valence-electron chi connectivity index (χ1n) is 15.7. The quantitative estimate of drug-likeness (QED) is 0.223. The predicted octanol–water partition coefficient (Wildman–Crippen LogP) is 6.41. The van der Waals surface area contributed by atoms with E-state index in [4.69, 9.17) is 4.74 Å². The topological polar surface area (TPSA) is 112 Å². The molecule has 2 aromatic carbocycles. The number of aromatic nitrogens is 2. The van der Waals surface area contributed by atoms with Crippen LogP contribution in [-0.2, 0) is 10.0 Å². The Morgan fingerprint density at radius 1 is 0.886 bits per heavy atom. The first-order chi connectivity index (χ1) is 21.4. The number of benzene rings is 2. The number of piperidine rings is 2. The minimum Gasteiger partial charge on any atom is -0.494 e. The van der Waals surface area contributed by atoms with E-state index in [9.17, 15) is 8.42 Å². The SMILES string of the molecule is COc1cc(N2CCC(N3CCCCC3)CC2)ccc1Nc1ncc(Br)c(Nc2ccccc2S(=O)(=O)NC2CCCC2)n1. The largest absolute Gasteiger partial charge is 0.494 e. The molecule has 1 aliphatic carbocycles. The van der Waals surface area contributed by atoms with Crippen LogP contribution in [0.2, 0.25) is 0 Å². The Hall–Kier alpha value is -2.93. The van der Waals surface area contributed by atoms with Crippen LogP contribution in [0.25, 0.3) is 0 Å². The maximum Gasteiger partial charge on any atom is 0.242 e. The molecule has 0 atom stereocenters. The van der Waals surface area contributed by atoms with Gasteiger partial charge < -0.3 is 25.2 Å². The first-order valence-corrected chi connectivity index (χ1v) is 18.0. The number of para-hydroxylation sites is 1. The van der Waals surface area contributed by atoms with Crippen LogP contribution in [0.1, 0.15) is 57.8 Å². The molecule has 0 radical (unpaired) electrons. The number of rotatable bonds is 10. The molecule has 10 nitrogen and oxygen atoms in total. The van der Waals surface area contributed by atoms with Crippen molar-refractivity contribution in [2.45, 2.75) is 74.8 Å². The molecular weight excluding hydrogens is 642 g/mol. The van der Waals surface area contributed by atoms with E-state index in [0.29, 0.717) is 33.7 Å². The molecule has 2 saturated heterocycles. The summed E-state index contributed by atoms with van der Waals surface area (Å²) in [7, 11) is -2.04. The van der Waals surface area contributed by atoms with Gasteiger partial charge in [-0.25, -0.2) is 18.1 Å². The molecule has 236 valence electrons. The molecule has 6 rings (SSSR count). The molecule has 2 aliphatic heterocycles. The number of ether oxygens (including phenoxy) is 1. The van der Waals surface area contributed by atoms with Crippen molar-refractivity contribution in [3.05, 3.63) is 53.1 Å².